The molecule has 9 heteroatoms. The van der Waals surface area contributed by atoms with Gasteiger partial charge < -0.3 is 14.7 Å². The fourth-order valence-corrected chi connectivity index (χ4v) is 4.49. The first kappa shape index (κ1) is 19.8. The quantitative estimate of drug-likeness (QED) is 0.785. The summed E-state index contributed by atoms with van der Waals surface area (Å²) in [7, 11) is 0. The Morgan fingerprint density at radius 2 is 1.78 bits per heavy atom. The number of likely N-dealkylation sites (tertiary alicyclic amines) is 2. The number of carboxylic acid groups (broad SMARTS) is 1. The van der Waals surface area contributed by atoms with Crippen LogP contribution in [-0.2, 0) is 14.3 Å². The average Bonchev–Trinajstić information content (AvgIpc) is 3.00. The molecule has 2 saturated heterocycles. The second-order valence-electron chi connectivity index (χ2n) is 8.73. The van der Waals surface area contributed by atoms with E-state index in [-0.39, 0.29) is 6.42 Å². The van der Waals surface area contributed by atoms with Crippen LogP contribution in [-0.4, -0.2) is 69.1 Å². The fraction of sp³-hybridized carbons (Fsp3) is 0.833. The van der Waals surface area contributed by atoms with E-state index in [0.717, 1.165) is 4.90 Å². The van der Waals surface area contributed by atoms with E-state index in [1.807, 2.05) is 0 Å². The summed E-state index contributed by atoms with van der Waals surface area (Å²) in [5, 5.41) is 9.11. The summed E-state index contributed by atoms with van der Waals surface area (Å²) in [6, 6.07) is -2.70. The number of aliphatic carboxylic acids is 1. The smallest absolute Gasteiger partial charge is 0.410 e. The average molecular weight is 388 g/mol. The molecule has 7 nitrogen and oxygen atoms in total. The fourth-order valence-electron chi connectivity index (χ4n) is 4.49. The normalized spacial score (nSPS) is 33.1. The standard InChI is InChI=1S/C18H26F2N2O5/c1-17(2,3)27-16(26)21-9-18(19,20)14-12(21)8-13(23)22(14)11-6-4-10(5-7-11)15(24)25/h10-12,14H,4-9H2,1-3H3,(H,24,25)/t10?,11?,12-,14+/m0/s1. The van der Waals surface area contributed by atoms with Crippen molar-refractivity contribution in [1.82, 2.24) is 9.80 Å². The molecule has 1 N–H and O–H groups in total. The maximum absolute atomic E-state index is 14.8. The molecule has 2 amide bonds. The number of carbonyl (C=O) groups is 3. The monoisotopic (exact) mass is 388 g/mol. The molecular weight excluding hydrogens is 362 g/mol. The summed E-state index contributed by atoms with van der Waals surface area (Å²) in [6.45, 7) is 4.20. The van der Waals surface area contributed by atoms with Crippen molar-refractivity contribution in [3.8, 4) is 0 Å². The van der Waals surface area contributed by atoms with Crippen molar-refractivity contribution in [2.24, 2.45) is 5.92 Å². The molecule has 1 saturated carbocycles. The van der Waals surface area contributed by atoms with Crippen LogP contribution in [0.1, 0.15) is 52.9 Å². The highest BCUT2D eigenvalue weighted by Gasteiger charge is 2.64. The Balaban J connectivity index is 1.77. The highest BCUT2D eigenvalue weighted by Crippen LogP contribution is 2.45. The number of hydrogen-bond acceptors (Lipinski definition) is 4. The highest BCUT2D eigenvalue weighted by atomic mass is 19.3. The van der Waals surface area contributed by atoms with Gasteiger partial charge in [0.1, 0.15) is 11.6 Å². The molecule has 2 atom stereocenters. The summed E-state index contributed by atoms with van der Waals surface area (Å²) in [6.07, 6.45) is 0.505. The minimum Gasteiger partial charge on any atom is -0.481 e. The van der Waals surface area contributed by atoms with E-state index in [2.05, 4.69) is 0 Å². The topological polar surface area (TPSA) is 87.2 Å². The largest absolute Gasteiger partial charge is 0.481 e. The van der Waals surface area contributed by atoms with Gasteiger partial charge in [0, 0.05) is 12.5 Å². The van der Waals surface area contributed by atoms with E-state index >= 15 is 0 Å². The van der Waals surface area contributed by atoms with Crippen molar-refractivity contribution in [2.45, 2.75) is 82.5 Å². The number of hydrogen-bond donors (Lipinski definition) is 1. The maximum Gasteiger partial charge on any atom is 0.410 e. The lowest BCUT2D eigenvalue weighted by atomic mass is 9.85. The van der Waals surface area contributed by atoms with Crippen LogP contribution in [0.25, 0.3) is 0 Å². The van der Waals surface area contributed by atoms with E-state index in [4.69, 9.17) is 9.84 Å². The van der Waals surface area contributed by atoms with Crippen molar-refractivity contribution < 1.29 is 33.0 Å². The lowest BCUT2D eigenvalue weighted by Crippen LogP contribution is -2.52. The number of alkyl halides is 2. The molecule has 0 bridgehead atoms. The molecule has 0 spiro atoms. The van der Waals surface area contributed by atoms with Gasteiger partial charge in [-0.05, 0) is 46.5 Å². The van der Waals surface area contributed by atoms with Gasteiger partial charge >= 0.3 is 12.1 Å². The minimum absolute atomic E-state index is 0.154. The summed E-state index contributed by atoms with van der Waals surface area (Å²) in [4.78, 5) is 38.2. The van der Waals surface area contributed by atoms with Crippen LogP contribution in [0.2, 0.25) is 0 Å². The van der Waals surface area contributed by atoms with Gasteiger partial charge in [0.25, 0.3) is 5.92 Å². The van der Waals surface area contributed by atoms with Gasteiger partial charge in [-0.2, -0.15) is 0 Å². The van der Waals surface area contributed by atoms with E-state index in [9.17, 15) is 23.2 Å². The van der Waals surface area contributed by atoms with Gasteiger partial charge in [-0.3, -0.25) is 14.5 Å². The van der Waals surface area contributed by atoms with Gasteiger partial charge in [-0.25, -0.2) is 13.6 Å². The number of carbonyl (C=O) groups excluding carboxylic acids is 2. The summed E-state index contributed by atoms with van der Waals surface area (Å²) >= 11 is 0. The molecule has 152 valence electrons. The lowest BCUT2D eigenvalue weighted by Gasteiger charge is -2.38. The zero-order valence-corrected chi connectivity index (χ0v) is 15.8. The molecule has 3 aliphatic rings. The minimum atomic E-state index is -3.22. The highest BCUT2D eigenvalue weighted by molar-refractivity contribution is 5.83. The van der Waals surface area contributed by atoms with E-state index in [1.54, 1.807) is 20.8 Å². The first-order valence-corrected chi connectivity index (χ1v) is 9.32. The Bertz CT molecular complexity index is 640. The van der Waals surface area contributed by atoms with Crippen LogP contribution >= 0.6 is 0 Å². The molecule has 0 aromatic heterocycles. The van der Waals surface area contributed by atoms with E-state index in [1.165, 1.54) is 4.90 Å². The van der Waals surface area contributed by atoms with E-state index < -0.39 is 60.1 Å². The molecule has 2 heterocycles. The Hall–Kier alpha value is -1.93. The third-order valence-corrected chi connectivity index (χ3v) is 5.62. The van der Waals surface area contributed by atoms with Crippen molar-refractivity contribution >= 4 is 18.0 Å². The Kier molecular flexibility index (Phi) is 4.84. The predicted molar refractivity (Wildman–Crippen MR) is 90.3 cm³/mol. The van der Waals surface area contributed by atoms with Crippen molar-refractivity contribution in [3.63, 3.8) is 0 Å². The van der Waals surface area contributed by atoms with Crippen LogP contribution in [0.15, 0.2) is 0 Å². The first-order valence-electron chi connectivity index (χ1n) is 9.32. The molecule has 0 aromatic rings. The predicted octanol–water partition coefficient (Wildman–Crippen LogP) is 2.49. The number of amides is 2. The van der Waals surface area contributed by atoms with Gasteiger partial charge in [-0.15, -0.1) is 0 Å². The number of fused-ring (bicyclic) bond motifs is 1. The Labute approximate surface area is 156 Å². The van der Waals surface area contributed by atoms with Crippen LogP contribution in [0, 0.1) is 5.92 Å². The number of carboxylic acids is 1. The summed E-state index contributed by atoms with van der Waals surface area (Å²) in [5.74, 6) is -5.01. The number of rotatable bonds is 2. The number of nitrogens with zero attached hydrogens (tertiary/aromatic N) is 2. The van der Waals surface area contributed by atoms with Crippen LogP contribution < -0.4 is 0 Å². The molecule has 27 heavy (non-hydrogen) atoms. The lowest BCUT2D eigenvalue weighted by molar-refractivity contribution is -0.145. The van der Waals surface area contributed by atoms with Gasteiger partial charge in [0.2, 0.25) is 5.91 Å². The van der Waals surface area contributed by atoms with Crippen LogP contribution in [0.5, 0.6) is 0 Å². The molecule has 3 fully saturated rings. The summed E-state index contributed by atoms with van der Waals surface area (Å²) in [5.41, 5.74) is -0.817. The van der Waals surface area contributed by atoms with Gasteiger partial charge in [0.05, 0.1) is 18.5 Å². The molecule has 0 aromatic carbocycles. The zero-order valence-electron chi connectivity index (χ0n) is 15.8. The Morgan fingerprint density at radius 1 is 1.19 bits per heavy atom. The van der Waals surface area contributed by atoms with Crippen molar-refractivity contribution in [2.75, 3.05) is 6.54 Å². The van der Waals surface area contributed by atoms with Crippen LogP contribution in [0.3, 0.4) is 0 Å². The van der Waals surface area contributed by atoms with Crippen molar-refractivity contribution in [3.05, 3.63) is 0 Å². The van der Waals surface area contributed by atoms with Crippen molar-refractivity contribution in [1.29, 1.82) is 0 Å². The van der Waals surface area contributed by atoms with Gasteiger partial charge in [-0.1, -0.05) is 0 Å². The molecule has 1 aliphatic carbocycles. The first-order chi connectivity index (χ1) is 12.4. The Morgan fingerprint density at radius 3 is 2.30 bits per heavy atom. The molecule has 0 radical (unpaired) electrons. The molecule has 2 aliphatic heterocycles. The SMILES string of the molecule is CC(C)(C)OC(=O)N1CC(F)(F)[C@H]2[C@@H]1CC(=O)N2C1CCC(C(=O)O)CC1. The van der Waals surface area contributed by atoms with Crippen LogP contribution in [0.4, 0.5) is 13.6 Å². The van der Waals surface area contributed by atoms with Gasteiger partial charge in [0.15, 0.2) is 0 Å². The summed E-state index contributed by atoms with van der Waals surface area (Å²) < 4.78 is 34.8. The second-order valence-corrected chi connectivity index (χ2v) is 8.73. The number of ether oxygens (including phenoxy) is 1. The second kappa shape index (κ2) is 6.60. The zero-order chi connectivity index (χ0) is 20.1. The number of halogens is 2. The molecular formula is C18H26F2N2O5. The maximum atomic E-state index is 14.8. The van der Waals surface area contributed by atoms with E-state index in [0.29, 0.717) is 25.7 Å². The third kappa shape index (κ3) is 3.73. The molecule has 3 rings (SSSR count). The molecule has 0 unspecified atom stereocenters. The third-order valence-electron chi connectivity index (χ3n) is 5.62.